The van der Waals surface area contributed by atoms with E-state index >= 15 is 0 Å². The van der Waals surface area contributed by atoms with Gasteiger partial charge in [0.2, 0.25) is 0 Å². The van der Waals surface area contributed by atoms with Gasteiger partial charge in [0.1, 0.15) is 0 Å². The molecule has 3 nitrogen and oxygen atoms in total. The first-order chi connectivity index (χ1) is 5.15. The van der Waals surface area contributed by atoms with Crippen molar-refractivity contribution in [3.63, 3.8) is 0 Å². The van der Waals surface area contributed by atoms with Gasteiger partial charge in [0.15, 0.2) is 0 Å². The lowest BCUT2D eigenvalue weighted by Gasteiger charge is -2.28. The predicted octanol–water partition coefficient (Wildman–Crippen LogP) is 0.638. The Balaban J connectivity index is 2.68. The second-order valence-corrected chi connectivity index (χ2v) is 3.29. The van der Waals surface area contributed by atoms with Crippen LogP contribution in [0.5, 0.6) is 0 Å². The van der Waals surface area contributed by atoms with Crippen LogP contribution in [0.2, 0.25) is 0 Å². The maximum absolute atomic E-state index is 10.7. The van der Waals surface area contributed by atoms with E-state index in [2.05, 4.69) is 5.92 Å². The lowest BCUT2D eigenvalue weighted by molar-refractivity contribution is 0.0418. The Morgan fingerprint density at radius 2 is 1.82 bits per heavy atom. The Kier molecular flexibility index (Phi) is 2.66. The summed E-state index contributed by atoms with van der Waals surface area (Å²) in [6.45, 7) is 3.59. The van der Waals surface area contributed by atoms with Gasteiger partial charge in [0, 0.05) is 0 Å². The SMILES string of the molecule is C#CC1C(C)OS(=O)OC1C. The largest absolute Gasteiger partial charge is 0.305 e. The van der Waals surface area contributed by atoms with Crippen LogP contribution in [-0.2, 0) is 19.7 Å². The Hall–Kier alpha value is -0.370. The molecule has 1 heterocycles. The van der Waals surface area contributed by atoms with E-state index < -0.39 is 11.4 Å². The fourth-order valence-electron chi connectivity index (χ4n) is 1.04. The summed E-state index contributed by atoms with van der Waals surface area (Å²) < 4.78 is 20.5. The molecule has 0 aromatic carbocycles. The van der Waals surface area contributed by atoms with Gasteiger partial charge in [0.05, 0.1) is 18.1 Å². The maximum Gasteiger partial charge on any atom is 0.305 e. The minimum atomic E-state index is -1.62. The summed E-state index contributed by atoms with van der Waals surface area (Å²) in [7, 11) is 0. The molecule has 62 valence electrons. The van der Waals surface area contributed by atoms with Crippen LogP contribution in [-0.4, -0.2) is 16.4 Å². The molecule has 1 saturated heterocycles. The summed E-state index contributed by atoms with van der Waals surface area (Å²) in [5, 5.41) is 0. The molecule has 0 aromatic rings. The molecule has 1 rings (SSSR count). The Morgan fingerprint density at radius 1 is 1.36 bits per heavy atom. The molecule has 1 fully saturated rings. The van der Waals surface area contributed by atoms with E-state index in [9.17, 15) is 4.21 Å². The van der Waals surface area contributed by atoms with Gasteiger partial charge in [-0.15, -0.1) is 6.42 Å². The van der Waals surface area contributed by atoms with Gasteiger partial charge < -0.3 is 0 Å². The van der Waals surface area contributed by atoms with E-state index in [1.807, 2.05) is 0 Å². The normalized spacial score (nSPS) is 44.8. The van der Waals surface area contributed by atoms with E-state index in [4.69, 9.17) is 14.8 Å². The lowest BCUT2D eigenvalue weighted by Crippen LogP contribution is -2.37. The molecule has 0 aromatic heterocycles. The molecule has 0 aliphatic carbocycles. The maximum atomic E-state index is 10.7. The van der Waals surface area contributed by atoms with Crippen molar-refractivity contribution in [2.45, 2.75) is 26.1 Å². The van der Waals surface area contributed by atoms with Gasteiger partial charge in [0.25, 0.3) is 0 Å². The van der Waals surface area contributed by atoms with Gasteiger partial charge in [-0.2, -0.15) is 4.21 Å². The van der Waals surface area contributed by atoms with Crippen molar-refractivity contribution in [3.8, 4) is 12.3 Å². The zero-order valence-electron chi connectivity index (χ0n) is 6.44. The molecular formula is C7H10O3S. The van der Waals surface area contributed by atoms with Crippen molar-refractivity contribution in [2.24, 2.45) is 5.92 Å². The predicted molar refractivity (Wildman–Crippen MR) is 41.6 cm³/mol. The standard InChI is InChI=1S/C7H10O3S/c1-4-7-5(2)9-11(8)10-6(7)3/h1,5-7H,2-3H3. The van der Waals surface area contributed by atoms with Gasteiger partial charge in [-0.3, -0.25) is 8.37 Å². The van der Waals surface area contributed by atoms with Crippen molar-refractivity contribution in [1.29, 1.82) is 0 Å². The average Bonchev–Trinajstić information content (AvgIpc) is 1.85. The molecule has 1 aliphatic heterocycles. The van der Waals surface area contributed by atoms with Crippen LogP contribution in [0.4, 0.5) is 0 Å². The van der Waals surface area contributed by atoms with Gasteiger partial charge in [-0.05, 0) is 13.8 Å². The van der Waals surface area contributed by atoms with Crippen LogP contribution in [0.3, 0.4) is 0 Å². The quantitative estimate of drug-likeness (QED) is 0.505. The molecule has 0 amide bonds. The third kappa shape index (κ3) is 1.80. The van der Waals surface area contributed by atoms with Crippen LogP contribution in [0.1, 0.15) is 13.8 Å². The number of terminal acetylenes is 1. The first kappa shape index (κ1) is 8.72. The highest BCUT2D eigenvalue weighted by Gasteiger charge is 2.32. The zero-order chi connectivity index (χ0) is 8.43. The number of hydrogen-bond acceptors (Lipinski definition) is 3. The minimum Gasteiger partial charge on any atom is -0.264 e. The fraction of sp³-hybridized carbons (Fsp3) is 0.714. The summed E-state index contributed by atoms with van der Waals surface area (Å²) in [4.78, 5) is 0. The van der Waals surface area contributed by atoms with E-state index in [0.29, 0.717) is 0 Å². The van der Waals surface area contributed by atoms with Crippen molar-refractivity contribution in [2.75, 3.05) is 0 Å². The number of rotatable bonds is 0. The highest BCUT2D eigenvalue weighted by atomic mass is 32.2. The topological polar surface area (TPSA) is 35.5 Å². The van der Waals surface area contributed by atoms with Crippen LogP contribution >= 0.6 is 0 Å². The second-order valence-electron chi connectivity index (χ2n) is 2.50. The molecule has 0 N–H and O–H groups in total. The molecule has 0 spiro atoms. The molecule has 4 heteroatoms. The van der Waals surface area contributed by atoms with Crippen molar-refractivity contribution in [3.05, 3.63) is 0 Å². The van der Waals surface area contributed by atoms with E-state index in [-0.39, 0.29) is 18.1 Å². The third-order valence-electron chi connectivity index (χ3n) is 1.66. The average molecular weight is 174 g/mol. The summed E-state index contributed by atoms with van der Waals surface area (Å²) in [6.07, 6.45) is 4.84. The van der Waals surface area contributed by atoms with E-state index in [1.165, 1.54) is 0 Å². The first-order valence-corrected chi connectivity index (χ1v) is 4.37. The Bertz CT molecular complexity index is 194. The van der Waals surface area contributed by atoms with Crippen LogP contribution in [0.15, 0.2) is 0 Å². The van der Waals surface area contributed by atoms with Gasteiger partial charge in [-0.25, -0.2) is 0 Å². The van der Waals surface area contributed by atoms with E-state index in [1.54, 1.807) is 13.8 Å². The fourth-order valence-corrected chi connectivity index (χ4v) is 1.82. The van der Waals surface area contributed by atoms with Crippen LogP contribution < -0.4 is 0 Å². The molecule has 0 bridgehead atoms. The summed E-state index contributed by atoms with van der Waals surface area (Å²) in [5.41, 5.74) is 0. The molecule has 11 heavy (non-hydrogen) atoms. The van der Waals surface area contributed by atoms with Crippen molar-refractivity contribution in [1.82, 2.24) is 0 Å². The van der Waals surface area contributed by atoms with Crippen LogP contribution in [0, 0.1) is 18.3 Å². The molecule has 1 aliphatic rings. The molecule has 2 atom stereocenters. The first-order valence-electron chi connectivity index (χ1n) is 3.37. The molecular weight excluding hydrogens is 164 g/mol. The lowest BCUT2D eigenvalue weighted by atomic mass is 9.99. The smallest absolute Gasteiger partial charge is 0.264 e. The summed E-state index contributed by atoms with van der Waals surface area (Å²) in [5.74, 6) is 2.44. The summed E-state index contributed by atoms with van der Waals surface area (Å²) >= 11 is -1.62. The highest BCUT2D eigenvalue weighted by Crippen LogP contribution is 2.22. The minimum absolute atomic E-state index is 0.104. The Labute approximate surface area is 68.9 Å². The van der Waals surface area contributed by atoms with Crippen LogP contribution in [0.25, 0.3) is 0 Å². The van der Waals surface area contributed by atoms with Gasteiger partial charge >= 0.3 is 11.4 Å². The molecule has 0 saturated carbocycles. The monoisotopic (exact) mass is 174 g/mol. The van der Waals surface area contributed by atoms with Crippen molar-refractivity contribution < 1.29 is 12.6 Å². The molecule has 2 unspecified atom stereocenters. The third-order valence-corrected chi connectivity index (χ3v) is 2.59. The summed E-state index contributed by atoms with van der Waals surface area (Å²) in [6, 6.07) is 0. The number of hydrogen-bond donors (Lipinski definition) is 0. The Morgan fingerprint density at radius 3 is 2.18 bits per heavy atom. The van der Waals surface area contributed by atoms with Crippen molar-refractivity contribution >= 4 is 11.4 Å². The zero-order valence-corrected chi connectivity index (χ0v) is 7.26. The highest BCUT2D eigenvalue weighted by molar-refractivity contribution is 7.75. The van der Waals surface area contributed by atoms with Gasteiger partial charge in [-0.1, -0.05) is 5.92 Å². The molecule has 0 radical (unpaired) electrons. The van der Waals surface area contributed by atoms with E-state index in [0.717, 1.165) is 0 Å². The second kappa shape index (κ2) is 3.35.